The molecule has 2 rings (SSSR count). The summed E-state index contributed by atoms with van der Waals surface area (Å²) in [5, 5.41) is 7.99. The molecule has 1 fully saturated rings. The van der Waals surface area contributed by atoms with E-state index in [-0.39, 0.29) is 30.1 Å². The number of hydrogen-bond donors (Lipinski definition) is 3. The first kappa shape index (κ1) is 17.6. The van der Waals surface area contributed by atoms with Crippen molar-refractivity contribution in [2.24, 2.45) is 0 Å². The smallest absolute Gasteiger partial charge is 0.351 e. The second-order valence-electron chi connectivity index (χ2n) is 5.23. The Hall–Kier alpha value is -1.80. The molecule has 0 aliphatic carbocycles. The molecule has 0 aromatic heterocycles. The van der Waals surface area contributed by atoms with E-state index in [0.717, 1.165) is 12.1 Å². The van der Waals surface area contributed by atoms with E-state index in [1.54, 1.807) is 6.92 Å². The Balaban J connectivity index is 1.98. The van der Waals surface area contributed by atoms with E-state index in [1.807, 2.05) is 0 Å². The summed E-state index contributed by atoms with van der Waals surface area (Å²) in [6.07, 6.45) is -4.81. The van der Waals surface area contributed by atoms with E-state index in [4.69, 9.17) is 11.6 Å². The summed E-state index contributed by atoms with van der Waals surface area (Å²) in [7, 11) is 0. The van der Waals surface area contributed by atoms with Gasteiger partial charge in [0.05, 0.1) is 24.2 Å². The van der Waals surface area contributed by atoms with Gasteiger partial charge in [0.1, 0.15) is 0 Å². The Morgan fingerprint density at radius 2 is 2.13 bits per heavy atom. The first-order valence-corrected chi connectivity index (χ1v) is 7.23. The van der Waals surface area contributed by atoms with Crippen molar-refractivity contribution >= 4 is 23.4 Å². The van der Waals surface area contributed by atoms with Crippen molar-refractivity contribution in [3.05, 3.63) is 34.3 Å². The molecule has 2 atom stereocenters. The van der Waals surface area contributed by atoms with E-state index >= 15 is 0 Å². The highest BCUT2D eigenvalue weighted by atomic mass is 35.5. The summed E-state index contributed by atoms with van der Waals surface area (Å²) in [5.41, 5.74) is -0.488. The second-order valence-corrected chi connectivity index (χ2v) is 5.64. The third-order valence-electron chi connectivity index (χ3n) is 3.37. The van der Waals surface area contributed by atoms with E-state index in [0.29, 0.717) is 5.56 Å². The molecule has 1 heterocycles. The van der Waals surface area contributed by atoms with Crippen LogP contribution in [0.5, 0.6) is 0 Å². The van der Waals surface area contributed by atoms with Gasteiger partial charge in [-0.25, -0.2) is 0 Å². The van der Waals surface area contributed by atoms with Gasteiger partial charge in [-0.1, -0.05) is 17.7 Å². The van der Waals surface area contributed by atoms with Crippen LogP contribution in [0.25, 0.3) is 0 Å². The summed E-state index contributed by atoms with van der Waals surface area (Å²) in [4.78, 5) is 23.4. The molecule has 23 heavy (non-hydrogen) atoms. The van der Waals surface area contributed by atoms with Crippen molar-refractivity contribution < 1.29 is 22.8 Å². The Morgan fingerprint density at radius 1 is 1.43 bits per heavy atom. The number of nitrogens with one attached hydrogen (secondary N) is 3. The van der Waals surface area contributed by atoms with Crippen LogP contribution in [-0.4, -0.2) is 24.0 Å². The molecule has 5 nitrogen and oxygen atoms in total. The molecule has 0 spiro atoms. The zero-order valence-electron chi connectivity index (χ0n) is 12.1. The normalized spacial score (nSPS) is 21.7. The lowest BCUT2D eigenvalue weighted by atomic mass is 10.1. The van der Waals surface area contributed by atoms with Gasteiger partial charge in [0.25, 0.3) is 0 Å². The Kier molecular flexibility index (Phi) is 5.16. The fourth-order valence-electron chi connectivity index (χ4n) is 2.23. The van der Waals surface area contributed by atoms with Gasteiger partial charge in [-0.3, -0.25) is 14.9 Å². The van der Waals surface area contributed by atoms with Crippen molar-refractivity contribution in [1.29, 1.82) is 0 Å². The molecule has 0 bridgehead atoms. The summed E-state index contributed by atoms with van der Waals surface area (Å²) in [5.74, 6) is -0.661. The van der Waals surface area contributed by atoms with Crippen molar-refractivity contribution in [3.63, 3.8) is 0 Å². The third-order valence-corrected chi connectivity index (χ3v) is 3.72. The topological polar surface area (TPSA) is 70.2 Å². The number of amides is 2. The minimum absolute atomic E-state index is 0.00306. The van der Waals surface area contributed by atoms with Gasteiger partial charge >= 0.3 is 6.18 Å². The molecular formula is C14H15ClF3N3O2. The molecule has 3 N–H and O–H groups in total. The summed E-state index contributed by atoms with van der Waals surface area (Å²) in [6.45, 7) is 1.67. The summed E-state index contributed by atoms with van der Waals surface area (Å²) < 4.78 is 37.7. The first-order chi connectivity index (χ1) is 10.7. The molecule has 1 aromatic carbocycles. The lowest BCUT2D eigenvalue weighted by Gasteiger charge is -2.28. The predicted octanol–water partition coefficient (Wildman–Crippen LogP) is 1.80. The zero-order valence-corrected chi connectivity index (χ0v) is 12.9. The van der Waals surface area contributed by atoms with Gasteiger partial charge < -0.3 is 10.6 Å². The number of hydrogen-bond acceptors (Lipinski definition) is 3. The molecule has 1 saturated heterocycles. The molecule has 126 valence electrons. The summed E-state index contributed by atoms with van der Waals surface area (Å²) >= 11 is 5.82. The average Bonchev–Trinajstić information content (AvgIpc) is 2.43. The number of alkyl halides is 3. The lowest BCUT2D eigenvalue weighted by molar-refractivity contribution is -0.137. The third kappa shape index (κ3) is 4.59. The van der Waals surface area contributed by atoms with Crippen LogP contribution in [0.1, 0.15) is 24.5 Å². The minimum atomic E-state index is -4.47. The molecule has 0 saturated carbocycles. The monoisotopic (exact) mass is 349 g/mol. The van der Waals surface area contributed by atoms with E-state index in [9.17, 15) is 22.8 Å². The van der Waals surface area contributed by atoms with Crippen LogP contribution in [0.2, 0.25) is 5.02 Å². The maximum Gasteiger partial charge on any atom is 0.416 e. The molecular weight excluding hydrogens is 335 g/mol. The minimum Gasteiger partial charge on any atom is -0.351 e. The summed E-state index contributed by atoms with van der Waals surface area (Å²) in [6, 6.07) is 2.25. The molecule has 0 radical (unpaired) electrons. The van der Waals surface area contributed by atoms with Crippen LogP contribution < -0.4 is 16.0 Å². The van der Waals surface area contributed by atoms with Crippen LogP contribution in [0, 0.1) is 0 Å². The highest BCUT2D eigenvalue weighted by molar-refractivity contribution is 6.31. The molecule has 2 amide bonds. The maximum absolute atomic E-state index is 12.6. The van der Waals surface area contributed by atoms with Crippen molar-refractivity contribution in [3.8, 4) is 0 Å². The van der Waals surface area contributed by atoms with Gasteiger partial charge in [0.2, 0.25) is 11.8 Å². The van der Waals surface area contributed by atoms with Crippen molar-refractivity contribution in [1.82, 2.24) is 16.0 Å². The first-order valence-electron chi connectivity index (χ1n) is 6.85. The largest absolute Gasteiger partial charge is 0.416 e. The van der Waals surface area contributed by atoms with Gasteiger partial charge in [0.15, 0.2) is 0 Å². The molecule has 1 aliphatic rings. The molecule has 2 unspecified atom stereocenters. The van der Waals surface area contributed by atoms with E-state index in [2.05, 4.69) is 16.0 Å². The number of carbonyl (C=O) groups excluding carboxylic acids is 2. The van der Waals surface area contributed by atoms with Gasteiger partial charge in [0, 0.05) is 11.6 Å². The predicted molar refractivity (Wildman–Crippen MR) is 77.4 cm³/mol. The van der Waals surface area contributed by atoms with Crippen molar-refractivity contribution in [2.45, 2.75) is 38.3 Å². The van der Waals surface area contributed by atoms with Crippen LogP contribution in [-0.2, 0) is 22.3 Å². The maximum atomic E-state index is 12.6. The fraction of sp³-hybridized carbons (Fsp3) is 0.429. The van der Waals surface area contributed by atoms with Gasteiger partial charge in [-0.2, -0.15) is 13.2 Å². The van der Waals surface area contributed by atoms with Gasteiger partial charge in [-0.05, 0) is 24.6 Å². The molecule has 9 heteroatoms. The number of rotatable bonds is 3. The van der Waals surface area contributed by atoms with Crippen LogP contribution in [0.3, 0.4) is 0 Å². The highest BCUT2D eigenvalue weighted by Gasteiger charge is 2.31. The Morgan fingerprint density at radius 3 is 2.70 bits per heavy atom. The van der Waals surface area contributed by atoms with Crippen LogP contribution in [0.4, 0.5) is 13.2 Å². The van der Waals surface area contributed by atoms with E-state index in [1.165, 1.54) is 6.07 Å². The highest BCUT2D eigenvalue weighted by Crippen LogP contribution is 2.32. The van der Waals surface area contributed by atoms with E-state index < -0.39 is 23.7 Å². The molecule has 1 aromatic rings. The second kappa shape index (κ2) is 6.76. The number of halogens is 4. The fourth-order valence-corrected chi connectivity index (χ4v) is 2.48. The Bertz CT molecular complexity index is 622. The Labute approximate surface area is 135 Å². The number of carbonyl (C=O) groups is 2. The quantitative estimate of drug-likeness (QED) is 0.779. The van der Waals surface area contributed by atoms with Gasteiger partial charge in [-0.15, -0.1) is 0 Å². The lowest BCUT2D eigenvalue weighted by Crippen LogP contribution is -2.59. The molecule has 1 aliphatic heterocycles. The number of benzene rings is 1. The standard InChI is InChI=1S/C14H15ClF3N3O2/c1-7-20-11(5-12(22)21-7)13(23)19-6-8-2-3-9(4-10(8)15)14(16,17)18/h2-4,7,11,20H,5-6H2,1H3,(H,19,23)(H,21,22). The van der Waals surface area contributed by atoms with Crippen LogP contribution >= 0.6 is 11.6 Å². The van der Waals surface area contributed by atoms with Crippen LogP contribution in [0.15, 0.2) is 18.2 Å². The zero-order chi connectivity index (χ0) is 17.2. The average molecular weight is 350 g/mol. The van der Waals surface area contributed by atoms with Crippen molar-refractivity contribution in [2.75, 3.05) is 0 Å². The SMILES string of the molecule is CC1NC(=O)CC(C(=O)NCc2ccc(C(F)(F)F)cc2Cl)N1.